The molecule has 0 heterocycles. The van der Waals surface area contributed by atoms with Gasteiger partial charge >= 0.3 is 0 Å². The number of rotatable bonds is 5. The molecule has 0 aliphatic heterocycles. The van der Waals surface area contributed by atoms with Gasteiger partial charge in [-0.05, 0) is 61.1 Å². The maximum absolute atomic E-state index is 12.6. The highest BCUT2D eigenvalue weighted by atomic mass is 35.5. The first-order valence-electron chi connectivity index (χ1n) is 7.79. The van der Waals surface area contributed by atoms with Crippen molar-refractivity contribution in [1.82, 2.24) is 5.32 Å². The number of hydrogen-bond acceptors (Lipinski definition) is 2. The first-order chi connectivity index (χ1) is 11.1. The van der Waals surface area contributed by atoms with Gasteiger partial charge in [-0.1, -0.05) is 29.8 Å². The summed E-state index contributed by atoms with van der Waals surface area (Å²) in [6.45, 7) is 1.96. The Morgan fingerprint density at radius 3 is 2.52 bits per heavy atom. The molecule has 2 aromatic rings. The predicted molar refractivity (Wildman–Crippen MR) is 92.1 cm³/mol. The lowest BCUT2D eigenvalue weighted by Gasteiger charge is -2.19. The SMILES string of the molecule is COc1cc(C(=O)N[C@@H](c2ccc(Cl)cc2)C2CC2)ccc1C. The number of hydrogen-bond donors (Lipinski definition) is 1. The van der Waals surface area contributed by atoms with Gasteiger partial charge in [-0.15, -0.1) is 0 Å². The van der Waals surface area contributed by atoms with E-state index in [4.69, 9.17) is 16.3 Å². The average Bonchev–Trinajstić information content (AvgIpc) is 3.38. The van der Waals surface area contributed by atoms with E-state index in [1.165, 1.54) is 0 Å². The Morgan fingerprint density at radius 2 is 1.91 bits per heavy atom. The fraction of sp³-hybridized carbons (Fsp3) is 0.316. The number of ether oxygens (including phenoxy) is 1. The zero-order chi connectivity index (χ0) is 16.4. The zero-order valence-corrected chi connectivity index (χ0v) is 14.1. The van der Waals surface area contributed by atoms with Crippen LogP contribution in [0.2, 0.25) is 5.02 Å². The van der Waals surface area contributed by atoms with Gasteiger partial charge in [0.2, 0.25) is 0 Å². The summed E-state index contributed by atoms with van der Waals surface area (Å²) < 4.78 is 5.30. The van der Waals surface area contributed by atoms with E-state index in [0.29, 0.717) is 16.5 Å². The van der Waals surface area contributed by atoms with Crippen molar-refractivity contribution >= 4 is 17.5 Å². The largest absolute Gasteiger partial charge is 0.496 e. The summed E-state index contributed by atoms with van der Waals surface area (Å²) in [5.41, 5.74) is 2.73. The third-order valence-electron chi connectivity index (χ3n) is 4.28. The van der Waals surface area contributed by atoms with E-state index >= 15 is 0 Å². The second kappa shape index (κ2) is 6.63. The molecule has 1 saturated carbocycles. The molecule has 120 valence electrons. The molecule has 4 heteroatoms. The molecule has 1 atom stereocenters. The van der Waals surface area contributed by atoms with Gasteiger partial charge in [-0.2, -0.15) is 0 Å². The molecule has 1 aliphatic rings. The van der Waals surface area contributed by atoms with Crippen LogP contribution in [-0.2, 0) is 0 Å². The van der Waals surface area contributed by atoms with Crippen molar-refractivity contribution in [2.45, 2.75) is 25.8 Å². The van der Waals surface area contributed by atoms with E-state index in [-0.39, 0.29) is 11.9 Å². The molecule has 2 aromatic carbocycles. The van der Waals surface area contributed by atoms with E-state index in [9.17, 15) is 4.79 Å². The number of benzene rings is 2. The summed E-state index contributed by atoms with van der Waals surface area (Å²) >= 11 is 5.96. The van der Waals surface area contributed by atoms with Gasteiger partial charge in [0.25, 0.3) is 5.91 Å². The maximum Gasteiger partial charge on any atom is 0.251 e. The Balaban J connectivity index is 1.80. The van der Waals surface area contributed by atoms with Gasteiger partial charge < -0.3 is 10.1 Å². The van der Waals surface area contributed by atoms with E-state index < -0.39 is 0 Å². The van der Waals surface area contributed by atoms with E-state index in [1.807, 2.05) is 43.3 Å². The second-order valence-corrected chi connectivity index (χ2v) is 6.46. The van der Waals surface area contributed by atoms with Gasteiger partial charge in [0.1, 0.15) is 5.75 Å². The molecule has 1 aliphatic carbocycles. The number of aryl methyl sites for hydroxylation is 1. The molecule has 0 saturated heterocycles. The van der Waals surface area contributed by atoms with Crippen molar-refractivity contribution in [3.05, 3.63) is 64.2 Å². The molecule has 0 bridgehead atoms. The first-order valence-corrected chi connectivity index (χ1v) is 8.17. The second-order valence-electron chi connectivity index (χ2n) is 6.02. The monoisotopic (exact) mass is 329 g/mol. The Bertz CT molecular complexity index is 708. The van der Waals surface area contributed by atoms with E-state index in [1.54, 1.807) is 13.2 Å². The van der Waals surface area contributed by atoms with Crippen LogP contribution in [0.1, 0.15) is 40.4 Å². The van der Waals surface area contributed by atoms with Crippen LogP contribution >= 0.6 is 11.6 Å². The van der Waals surface area contributed by atoms with Crippen LogP contribution in [0.15, 0.2) is 42.5 Å². The van der Waals surface area contributed by atoms with Crippen molar-refractivity contribution in [3.63, 3.8) is 0 Å². The van der Waals surface area contributed by atoms with Crippen LogP contribution in [0.3, 0.4) is 0 Å². The lowest BCUT2D eigenvalue weighted by atomic mass is 10.0. The molecule has 1 fully saturated rings. The standard InChI is InChI=1S/C19H20ClNO2/c1-12-3-4-15(11-17(12)23-2)19(22)21-18(13-5-6-13)14-7-9-16(20)10-8-14/h3-4,7-11,13,18H,5-6H2,1-2H3,(H,21,22)/t18-/m1/s1. The van der Waals surface area contributed by atoms with Crippen LogP contribution in [0.5, 0.6) is 5.75 Å². The lowest BCUT2D eigenvalue weighted by molar-refractivity contribution is 0.0931. The summed E-state index contributed by atoms with van der Waals surface area (Å²) in [4.78, 5) is 12.6. The van der Waals surface area contributed by atoms with Crippen LogP contribution in [0.4, 0.5) is 0 Å². The number of carbonyl (C=O) groups is 1. The molecule has 23 heavy (non-hydrogen) atoms. The van der Waals surface area contributed by atoms with E-state index in [2.05, 4.69) is 5.32 Å². The third-order valence-corrected chi connectivity index (χ3v) is 4.53. The van der Waals surface area contributed by atoms with Crippen LogP contribution in [0, 0.1) is 12.8 Å². The third kappa shape index (κ3) is 3.67. The minimum Gasteiger partial charge on any atom is -0.496 e. The fourth-order valence-electron chi connectivity index (χ4n) is 2.76. The molecule has 0 radical (unpaired) electrons. The number of carbonyl (C=O) groups excluding carboxylic acids is 1. The highest BCUT2D eigenvalue weighted by Gasteiger charge is 2.33. The van der Waals surface area contributed by atoms with Gasteiger partial charge in [0.05, 0.1) is 13.2 Å². The van der Waals surface area contributed by atoms with Crippen molar-refractivity contribution in [3.8, 4) is 5.75 Å². The highest BCUT2D eigenvalue weighted by molar-refractivity contribution is 6.30. The topological polar surface area (TPSA) is 38.3 Å². The molecule has 3 nitrogen and oxygen atoms in total. The summed E-state index contributed by atoms with van der Waals surface area (Å²) in [5, 5.41) is 3.87. The summed E-state index contributed by atoms with van der Waals surface area (Å²) in [6.07, 6.45) is 2.29. The number of amides is 1. The van der Waals surface area contributed by atoms with Crippen LogP contribution in [0.25, 0.3) is 0 Å². The fourth-order valence-corrected chi connectivity index (χ4v) is 2.88. The highest BCUT2D eigenvalue weighted by Crippen LogP contribution is 2.41. The molecule has 0 unspecified atom stereocenters. The Labute approximate surface area is 141 Å². The van der Waals surface area contributed by atoms with Crippen molar-refractivity contribution in [1.29, 1.82) is 0 Å². The Hall–Kier alpha value is -2.00. The van der Waals surface area contributed by atoms with Crippen molar-refractivity contribution in [2.75, 3.05) is 7.11 Å². The van der Waals surface area contributed by atoms with Crippen molar-refractivity contribution in [2.24, 2.45) is 5.92 Å². The molecule has 0 spiro atoms. The molecule has 1 amide bonds. The van der Waals surface area contributed by atoms with Gasteiger partial charge in [0.15, 0.2) is 0 Å². The van der Waals surface area contributed by atoms with Gasteiger partial charge in [-0.25, -0.2) is 0 Å². The van der Waals surface area contributed by atoms with Crippen molar-refractivity contribution < 1.29 is 9.53 Å². The number of methoxy groups -OCH3 is 1. The molecule has 0 aromatic heterocycles. The van der Waals surface area contributed by atoms with E-state index in [0.717, 1.165) is 29.7 Å². The minimum absolute atomic E-state index is 0.0343. The van der Waals surface area contributed by atoms with Crippen LogP contribution < -0.4 is 10.1 Å². The maximum atomic E-state index is 12.6. The number of nitrogens with one attached hydrogen (secondary N) is 1. The zero-order valence-electron chi connectivity index (χ0n) is 13.3. The molecular formula is C19H20ClNO2. The average molecular weight is 330 g/mol. The minimum atomic E-state index is -0.0739. The van der Waals surface area contributed by atoms with Gasteiger partial charge in [0, 0.05) is 10.6 Å². The first kappa shape index (κ1) is 15.9. The Kier molecular flexibility index (Phi) is 4.58. The van der Waals surface area contributed by atoms with Crippen LogP contribution in [-0.4, -0.2) is 13.0 Å². The van der Waals surface area contributed by atoms with Gasteiger partial charge in [-0.3, -0.25) is 4.79 Å². The predicted octanol–water partition coefficient (Wildman–Crippen LogP) is 4.54. The molecular weight excluding hydrogens is 310 g/mol. The summed E-state index contributed by atoms with van der Waals surface area (Å²) in [7, 11) is 1.62. The quantitative estimate of drug-likeness (QED) is 0.874. The number of halogens is 1. The smallest absolute Gasteiger partial charge is 0.251 e. The summed E-state index contributed by atoms with van der Waals surface area (Å²) in [5.74, 6) is 1.16. The summed E-state index contributed by atoms with van der Waals surface area (Å²) in [6, 6.07) is 13.3. The Morgan fingerprint density at radius 1 is 1.22 bits per heavy atom. The molecule has 1 N–H and O–H groups in total. The normalized spacial score (nSPS) is 15.1. The lowest BCUT2D eigenvalue weighted by Crippen LogP contribution is -2.29. The molecule has 3 rings (SSSR count).